The van der Waals surface area contributed by atoms with E-state index in [1.165, 1.54) is 51.6 Å². The number of ether oxygens (including phenoxy) is 9. The lowest BCUT2D eigenvalue weighted by atomic mass is 9.75. The van der Waals surface area contributed by atoms with Gasteiger partial charge in [0.25, 0.3) is 11.8 Å². The summed E-state index contributed by atoms with van der Waals surface area (Å²) < 4.78 is 50.1. The van der Waals surface area contributed by atoms with Gasteiger partial charge in [0, 0.05) is 53.0 Å². The number of esters is 3. The van der Waals surface area contributed by atoms with Crippen molar-refractivity contribution in [3.63, 3.8) is 0 Å². The minimum absolute atomic E-state index is 0.0451. The predicted octanol–water partition coefficient (Wildman–Crippen LogP) is 8.56. The molecule has 0 bridgehead atoms. The van der Waals surface area contributed by atoms with E-state index in [0.717, 1.165) is 62.5 Å². The van der Waals surface area contributed by atoms with Crippen LogP contribution < -0.4 is 24.8 Å². The Kier molecular flexibility index (Phi) is 23.4. The fourth-order valence-corrected chi connectivity index (χ4v) is 11.9. The number of aromatic nitrogens is 2. The Hall–Kier alpha value is -6.25. The molecule has 19 nitrogen and oxygen atoms in total. The quantitative estimate of drug-likeness (QED) is 0.0480. The lowest BCUT2D eigenvalue weighted by Crippen LogP contribution is -2.46. The first-order valence-corrected chi connectivity index (χ1v) is 28.2. The van der Waals surface area contributed by atoms with Crippen LogP contribution in [0.3, 0.4) is 0 Å². The number of hydrogen-bond donors (Lipinski definition) is 3. The number of methoxy groups -OCH3 is 2. The minimum atomic E-state index is -1.09. The fraction of sp³-hybridized carbons (Fsp3) is 0.542. The van der Waals surface area contributed by atoms with Crippen molar-refractivity contribution in [3.8, 4) is 23.0 Å². The van der Waals surface area contributed by atoms with Crippen LogP contribution in [0, 0.1) is 35.5 Å². The topological polar surface area (TPSA) is 238 Å². The maximum absolute atomic E-state index is 13.4. The molecule has 21 heteroatoms. The number of pyridine rings is 2. The number of aromatic hydroxyl groups is 1. The summed E-state index contributed by atoms with van der Waals surface area (Å²) in [5.74, 6) is -2.03. The normalized spacial score (nSPS) is 23.9. The molecule has 4 fully saturated rings. The first-order valence-electron chi connectivity index (χ1n) is 27.5. The molecule has 2 aliphatic heterocycles. The molecule has 4 heterocycles. The molecule has 2 aromatic carbocycles. The standard InChI is InChI=1S/C32H41ClN2O9.C27H33ClN2O6/c1-4-40-18-27(36)42-19-43-30-26(39-3)13-14-34-29(30)31(37)35-25-17-41-16-23(15-21-9-11-24(33)12-10-21)28(20(2)44-32(25)38)22-7-5-6-8-22;1-16-23(18-5-3-4-6-18)19(13-17-7-9-20(28)10-8-17)14-35-15-21(27(33)36-16)30-26(32)24-25(31)22(34-2)11-12-29-24/h9-14,20,22-23,25,28H,4-8,15-19H2,1-3H3,(H,35,37);7-12,16,18-19,21,23,31H,3-6,13-15H2,1-2H3,(H,30,32)/t20-,23-,25-,28+;16-,19-,21-,23+/m00/s1. The van der Waals surface area contributed by atoms with Gasteiger partial charge in [0.15, 0.2) is 46.5 Å². The van der Waals surface area contributed by atoms with Crippen molar-refractivity contribution in [2.75, 3.05) is 60.7 Å². The van der Waals surface area contributed by atoms with Crippen LogP contribution in [0.1, 0.15) is 104 Å². The number of cyclic esters (lactones) is 2. The molecule has 8 rings (SSSR count). The summed E-state index contributed by atoms with van der Waals surface area (Å²) in [4.78, 5) is 72.7. The molecule has 2 aromatic heterocycles. The van der Waals surface area contributed by atoms with Crippen molar-refractivity contribution in [2.45, 2.75) is 109 Å². The van der Waals surface area contributed by atoms with Gasteiger partial charge in [0.1, 0.15) is 18.8 Å². The van der Waals surface area contributed by atoms with E-state index in [-0.39, 0.29) is 84.3 Å². The summed E-state index contributed by atoms with van der Waals surface area (Å²) in [7, 11) is 2.78. The molecule has 8 atom stereocenters. The molecule has 4 aromatic rings. The number of carbonyl (C=O) groups excluding carboxylic acids is 5. The van der Waals surface area contributed by atoms with Gasteiger partial charge in [-0.15, -0.1) is 0 Å². The van der Waals surface area contributed by atoms with Gasteiger partial charge in [-0.2, -0.15) is 0 Å². The Bertz CT molecular complexity index is 2670. The average molecular weight is 1150 g/mol. The van der Waals surface area contributed by atoms with Crippen molar-refractivity contribution in [3.05, 3.63) is 106 Å². The molecule has 2 aliphatic carbocycles. The Morgan fingerprint density at radius 3 is 1.56 bits per heavy atom. The van der Waals surface area contributed by atoms with Gasteiger partial charge in [-0.05, 0) is 92.7 Å². The predicted molar refractivity (Wildman–Crippen MR) is 295 cm³/mol. The SMILES string of the molecule is CCOCC(=O)OCOc1c(OC)ccnc1C(=O)N[C@H]1COC[C@H](Cc2ccc(Cl)cc2)[C@@H](C2CCCC2)[C@H](C)OC1=O.COc1ccnc(C(=O)N[C@H]2COC[C@H](Cc3ccc(Cl)cc3)[C@@H](C3CCCC3)[C@H](C)OC2=O)c1O. The molecule has 2 saturated carbocycles. The molecule has 0 unspecified atom stereocenters. The first-order chi connectivity index (χ1) is 38.7. The Morgan fingerprint density at radius 1 is 0.650 bits per heavy atom. The zero-order valence-corrected chi connectivity index (χ0v) is 47.5. The lowest BCUT2D eigenvalue weighted by Gasteiger charge is -2.35. The first kappa shape index (κ1) is 61.4. The minimum Gasteiger partial charge on any atom is -0.503 e. The van der Waals surface area contributed by atoms with Gasteiger partial charge in [-0.1, -0.05) is 98.8 Å². The number of nitrogens with one attached hydrogen (secondary N) is 2. The summed E-state index contributed by atoms with van der Waals surface area (Å²) in [5.41, 5.74) is 1.89. The number of halogens is 2. The molecule has 80 heavy (non-hydrogen) atoms. The number of benzene rings is 2. The van der Waals surface area contributed by atoms with Crippen molar-refractivity contribution in [1.82, 2.24) is 20.6 Å². The number of nitrogens with zero attached hydrogens (tertiary/aromatic N) is 2. The second-order valence-electron chi connectivity index (χ2n) is 20.7. The maximum Gasteiger partial charge on any atom is 0.334 e. The van der Waals surface area contributed by atoms with Gasteiger partial charge in [0.2, 0.25) is 6.79 Å². The van der Waals surface area contributed by atoms with Crippen molar-refractivity contribution >= 4 is 52.9 Å². The summed E-state index contributed by atoms with van der Waals surface area (Å²) in [6, 6.07) is 16.4. The zero-order valence-electron chi connectivity index (χ0n) is 46.0. The lowest BCUT2D eigenvalue weighted by molar-refractivity contribution is -0.156. The third-order valence-electron chi connectivity index (χ3n) is 15.4. The monoisotopic (exact) mass is 1150 g/mol. The number of carbonyl (C=O) groups is 5. The van der Waals surface area contributed by atoms with Crippen LogP contribution in [0.15, 0.2) is 73.1 Å². The van der Waals surface area contributed by atoms with Gasteiger partial charge < -0.3 is 58.4 Å². The van der Waals surface area contributed by atoms with Crippen molar-refractivity contribution < 1.29 is 71.7 Å². The number of rotatable bonds is 18. The van der Waals surface area contributed by atoms with Gasteiger partial charge in [-0.25, -0.2) is 24.4 Å². The smallest absolute Gasteiger partial charge is 0.334 e. The van der Waals surface area contributed by atoms with Crippen molar-refractivity contribution in [1.29, 1.82) is 0 Å². The second kappa shape index (κ2) is 30.5. The molecule has 434 valence electrons. The van der Waals surface area contributed by atoms with E-state index < -0.39 is 54.3 Å². The van der Waals surface area contributed by atoms with Gasteiger partial charge in [0.05, 0.1) is 40.6 Å². The summed E-state index contributed by atoms with van der Waals surface area (Å²) in [5, 5.41) is 17.0. The largest absolute Gasteiger partial charge is 0.503 e. The molecular formula is C59H74Cl2N4O15. The fourth-order valence-electron chi connectivity index (χ4n) is 11.6. The van der Waals surface area contributed by atoms with E-state index in [9.17, 15) is 29.1 Å². The molecular weight excluding hydrogens is 1080 g/mol. The van der Waals surface area contributed by atoms with Crippen LogP contribution in [-0.2, 0) is 55.6 Å². The van der Waals surface area contributed by atoms with Gasteiger partial charge in [-0.3, -0.25) is 9.59 Å². The molecule has 0 radical (unpaired) electrons. The van der Waals surface area contributed by atoms with Crippen molar-refractivity contribution in [2.24, 2.45) is 35.5 Å². The number of amides is 2. The summed E-state index contributed by atoms with van der Waals surface area (Å²) in [6.07, 6.45) is 12.5. The summed E-state index contributed by atoms with van der Waals surface area (Å²) in [6.45, 7) is 5.94. The van der Waals surface area contributed by atoms with E-state index >= 15 is 0 Å². The second-order valence-corrected chi connectivity index (χ2v) is 21.5. The Morgan fingerprint density at radius 2 is 1.10 bits per heavy atom. The molecule has 4 aliphatic rings. The number of hydrogen-bond acceptors (Lipinski definition) is 17. The van der Waals surface area contributed by atoms with E-state index in [2.05, 4.69) is 20.6 Å². The maximum atomic E-state index is 13.4. The average Bonchev–Trinajstić information content (AvgIpc) is 4.20. The highest BCUT2D eigenvalue weighted by Gasteiger charge is 2.42. The molecule has 2 saturated heterocycles. The van der Waals surface area contributed by atoms with E-state index in [4.69, 9.17) is 65.8 Å². The Labute approximate surface area is 477 Å². The van der Waals surface area contributed by atoms with Crippen LogP contribution >= 0.6 is 23.2 Å². The van der Waals surface area contributed by atoms with Crippen LogP contribution in [0.2, 0.25) is 10.0 Å². The summed E-state index contributed by atoms with van der Waals surface area (Å²) >= 11 is 12.2. The van der Waals surface area contributed by atoms with Crippen LogP contribution in [0.4, 0.5) is 0 Å². The van der Waals surface area contributed by atoms with Crippen LogP contribution in [-0.4, -0.2) is 130 Å². The van der Waals surface area contributed by atoms with Crippen LogP contribution in [0.5, 0.6) is 23.0 Å². The third kappa shape index (κ3) is 16.9. The third-order valence-corrected chi connectivity index (χ3v) is 15.9. The highest BCUT2D eigenvalue weighted by atomic mass is 35.5. The highest BCUT2D eigenvalue weighted by Crippen LogP contribution is 2.42. The Balaban J connectivity index is 0.000000236. The van der Waals surface area contributed by atoms with E-state index in [1.54, 1.807) is 6.92 Å². The molecule has 3 N–H and O–H groups in total. The van der Waals surface area contributed by atoms with E-state index in [1.807, 2.05) is 62.4 Å². The van der Waals surface area contributed by atoms with Crippen LogP contribution in [0.25, 0.3) is 0 Å². The molecule has 0 spiro atoms. The zero-order chi connectivity index (χ0) is 57.1. The van der Waals surface area contributed by atoms with E-state index in [0.29, 0.717) is 41.7 Å². The highest BCUT2D eigenvalue weighted by molar-refractivity contribution is 6.30. The van der Waals surface area contributed by atoms with Gasteiger partial charge >= 0.3 is 17.9 Å². The molecule has 2 amide bonds.